The molecule has 0 N–H and O–H groups in total. The molecule has 55 heavy (non-hydrogen) atoms. The van der Waals surface area contributed by atoms with Gasteiger partial charge in [-0.3, -0.25) is 4.57 Å². The summed E-state index contributed by atoms with van der Waals surface area (Å²) in [6.45, 7) is 0. The average molecular weight is 720 g/mol. The summed E-state index contributed by atoms with van der Waals surface area (Å²) in [7, 11) is 0. The zero-order valence-electron chi connectivity index (χ0n) is 29.4. The SMILES string of the molecule is c1ccc(-c2cc3sc4nc(-c5ccc6oc7ccccc7c6c5)nc(-n5c6ccccc6c6cc7ccccc7cc65)c4c3cc2-c2ccccc2)cc1. The van der Waals surface area contributed by atoms with Gasteiger partial charge >= 0.3 is 0 Å². The molecule has 0 atom stereocenters. The zero-order valence-corrected chi connectivity index (χ0v) is 30.2. The van der Waals surface area contributed by atoms with Crippen LogP contribution in [0.15, 0.2) is 180 Å². The molecule has 0 saturated carbocycles. The van der Waals surface area contributed by atoms with Gasteiger partial charge in [-0.05, 0) is 87.6 Å². The highest BCUT2D eigenvalue weighted by Crippen LogP contribution is 2.45. The summed E-state index contributed by atoms with van der Waals surface area (Å²) in [5.41, 5.74) is 9.63. The Balaban J connectivity index is 1.22. The summed E-state index contributed by atoms with van der Waals surface area (Å²) < 4.78 is 9.76. The van der Waals surface area contributed by atoms with Gasteiger partial charge in [-0.15, -0.1) is 11.3 Å². The Morgan fingerprint density at radius 1 is 0.436 bits per heavy atom. The first-order chi connectivity index (χ1) is 27.2. The highest BCUT2D eigenvalue weighted by atomic mass is 32.1. The van der Waals surface area contributed by atoms with E-state index in [1.54, 1.807) is 11.3 Å². The zero-order chi connectivity index (χ0) is 36.0. The van der Waals surface area contributed by atoms with E-state index in [0.717, 1.165) is 60.0 Å². The first-order valence-corrected chi connectivity index (χ1v) is 19.3. The van der Waals surface area contributed by atoms with Crippen LogP contribution in [0.4, 0.5) is 0 Å². The van der Waals surface area contributed by atoms with Crippen LogP contribution in [-0.2, 0) is 0 Å². The Labute approximate surface area is 319 Å². The van der Waals surface area contributed by atoms with Crippen molar-refractivity contribution in [1.29, 1.82) is 0 Å². The predicted octanol–water partition coefficient (Wildman–Crippen LogP) is 14.0. The molecule has 0 fully saturated rings. The second kappa shape index (κ2) is 11.7. The Morgan fingerprint density at radius 2 is 1.09 bits per heavy atom. The maximum Gasteiger partial charge on any atom is 0.163 e. The number of benzene rings is 8. The summed E-state index contributed by atoms with van der Waals surface area (Å²) in [6.07, 6.45) is 0. The van der Waals surface area contributed by atoms with E-state index in [2.05, 4.69) is 162 Å². The van der Waals surface area contributed by atoms with Crippen molar-refractivity contribution in [2.45, 2.75) is 0 Å². The lowest BCUT2D eigenvalue weighted by atomic mass is 9.93. The second-order valence-electron chi connectivity index (χ2n) is 14.2. The molecule has 0 aliphatic carbocycles. The van der Waals surface area contributed by atoms with Crippen LogP contribution < -0.4 is 0 Å². The first-order valence-electron chi connectivity index (χ1n) is 18.5. The Morgan fingerprint density at radius 3 is 1.89 bits per heavy atom. The van der Waals surface area contributed by atoms with Gasteiger partial charge in [-0.1, -0.05) is 121 Å². The fraction of sp³-hybridized carbons (Fsp3) is 0. The molecular formula is C50H29N3OS. The third-order valence-electron chi connectivity index (χ3n) is 11.0. The number of nitrogens with zero attached hydrogens (tertiary/aromatic N) is 3. The van der Waals surface area contributed by atoms with Crippen molar-refractivity contribution < 1.29 is 4.42 Å². The van der Waals surface area contributed by atoms with Gasteiger partial charge in [-0.25, -0.2) is 9.97 Å². The Bertz CT molecular complexity index is 3490. The molecule has 4 heterocycles. The van der Waals surface area contributed by atoms with Crippen LogP contribution in [0.25, 0.3) is 114 Å². The van der Waals surface area contributed by atoms with Gasteiger partial charge in [0.2, 0.25) is 0 Å². The lowest BCUT2D eigenvalue weighted by Crippen LogP contribution is -2.02. The van der Waals surface area contributed by atoms with Crippen molar-refractivity contribution in [3.8, 4) is 39.5 Å². The summed E-state index contributed by atoms with van der Waals surface area (Å²) in [5.74, 6) is 1.55. The normalized spacial score (nSPS) is 12.0. The smallest absolute Gasteiger partial charge is 0.163 e. The van der Waals surface area contributed by atoms with E-state index >= 15 is 0 Å². The van der Waals surface area contributed by atoms with Gasteiger partial charge in [0, 0.05) is 37.2 Å². The monoisotopic (exact) mass is 719 g/mol. The number of thiophene rings is 1. The van der Waals surface area contributed by atoms with E-state index in [4.69, 9.17) is 14.4 Å². The lowest BCUT2D eigenvalue weighted by molar-refractivity contribution is 0.669. The van der Waals surface area contributed by atoms with Crippen LogP contribution >= 0.6 is 11.3 Å². The van der Waals surface area contributed by atoms with Crippen molar-refractivity contribution in [3.05, 3.63) is 176 Å². The second-order valence-corrected chi connectivity index (χ2v) is 15.2. The minimum Gasteiger partial charge on any atom is -0.456 e. The third kappa shape index (κ3) is 4.64. The average Bonchev–Trinajstić information content (AvgIpc) is 3.91. The fourth-order valence-corrected chi connectivity index (χ4v) is 9.55. The molecule has 12 aromatic rings. The minimum absolute atomic E-state index is 0.680. The minimum atomic E-state index is 0.680. The van der Waals surface area contributed by atoms with Crippen molar-refractivity contribution in [1.82, 2.24) is 14.5 Å². The number of hydrogen-bond donors (Lipinski definition) is 0. The van der Waals surface area contributed by atoms with Crippen LogP contribution in [-0.4, -0.2) is 14.5 Å². The van der Waals surface area contributed by atoms with E-state index in [-0.39, 0.29) is 0 Å². The lowest BCUT2D eigenvalue weighted by Gasteiger charge is -2.13. The Kier molecular flexibility index (Phi) is 6.47. The molecule has 0 bridgehead atoms. The maximum absolute atomic E-state index is 6.22. The van der Waals surface area contributed by atoms with E-state index in [1.807, 2.05) is 18.2 Å². The number of furan rings is 1. The topological polar surface area (TPSA) is 43.9 Å². The number of rotatable bonds is 4. The molecule has 256 valence electrons. The molecule has 4 aromatic heterocycles. The maximum atomic E-state index is 6.22. The van der Waals surface area contributed by atoms with Crippen molar-refractivity contribution in [3.63, 3.8) is 0 Å². The van der Waals surface area contributed by atoms with Gasteiger partial charge in [0.05, 0.1) is 16.4 Å². The highest BCUT2D eigenvalue weighted by molar-refractivity contribution is 7.25. The molecule has 0 unspecified atom stereocenters. The summed E-state index contributed by atoms with van der Waals surface area (Å²) in [4.78, 5) is 11.9. The molecule has 0 aliphatic rings. The van der Waals surface area contributed by atoms with Crippen molar-refractivity contribution in [2.24, 2.45) is 0 Å². The van der Waals surface area contributed by atoms with Crippen molar-refractivity contribution >= 4 is 86.2 Å². The molecule has 4 nitrogen and oxygen atoms in total. The van der Waals surface area contributed by atoms with E-state index < -0.39 is 0 Å². The summed E-state index contributed by atoms with van der Waals surface area (Å²) in [5, 5.41) is 9.12. The van der Waals surface area contributed by atoms with Crippen LogP contribution in [0.1, 0.15) is 0 Å². The highest BCUT2D eigenvalue weighted by Gasteiger charge is 2.23. The van der Waals surface area contributed by atoms with Gasteiger partial charge in [0.1, 0.15) is 16.0 Å². The van der Waals surface area contributed by atoms with Gasteiger partial charge < -0.3 is 4.42 Å². The predicted molar refractivity (Wildman–Crippen MR) is 230 cm³/mol. The van der Waals surface area contributed by atoms with Gasteiger partial charge in [0.25, 0.3) is 0 Å². The fourth-order valence-electron chi connectivity index (χ4n) is 8.45. The molecule has 5 heteroatoms. The van der Waals surface area contributed by atoms with Crippen LogP contribution in [0.3, 0.4) is 0 Å². The summed E-state index contributed by atoms with van der Waals surface area (Å²) >= 11 is 1.73. The van der Waals surface area contributed by atoms with Gasteiger partial charge in [-0.2, -0.15) is 0 Å². The molecule has 0 saturated heterocycles. The van der Waals surface area contributed by atoms with Crippen LogP contribution in [0.2, 0.25) is 0 Å². The molecule has 12 rings (SSSR count). The van der Waals surface area contributed by atoms with E-state index in [9.17, 15) is 0 Å². The largest absolute Gasteiger partial charge is 0.456 e. The molecule has 0 radical (unpaired) electrons. The number of para-hydroxylation sites is 2. The van der Waals surface area contributed by atoms with Gasteiger partial charge in [0.15, 0.2) is 11.6 Å². The van der Waals surface area contributed by atoms with Crippen LogP contribution in [0.5, 0.6) is 0 Å². The van der Waals surface area contributed by atoms with Crippen LogP contribution in [0, 0.1) is 0 Å². The molecule has 0 amide bonds. The third-order valence-corrected chi connectivity index (χ3v) is 12.1. The number of hydrogen-bond acceptors (Lipinski definition) is 4. The number of fused-ring (bicyclic) bond motifs is 10. The molecular weight excluding hydrogens is 691 g/mol. The van der Waals surface area contributed by atoms with E-state index in [1.165, 1.54) is 48.5 Å². The van der Waals surface area contributed by atoms with Crippen molar-refractivity contribution in [2.75, 3.05) is 0 Å². The number of aromatic nitrogens is 3. The molecule has 0 spiro atoms. The summed E-state index contributed by atoms with van der Waals surface area (Å²) in [6, 6.07) is 62.6. The van der Waals surface area contributed by atoms with E-state index in [0.29, 0.717) is 5.82 Å². The quantitative estimate of drug-likeness (QED) is 0.182. The standard InChI is InChI=1S/C50H29N3OS/c1-3-13-30(14-4-1)37-28-41-46(29-38(37)31-15-5-2-6-16-31)55-50-47(41)49(51-48(52-50)34-23-24-45-40(26-34)36-20-10-12-22-44(36)54-45)53-42-21-11-9-19-35(42)39-25-32-17-7-8-18-33(32)27-43(39)53/h1-29H. The molecule has 0 aliphatic heterocycles. The molecule has 8 aromatic carbocycles. The first kappa shape index (κ1) is 30.4. The Hall–Kier alpha value is -7.08.